The summed E-state index contributed by atoms with van der Waals surface area (Å²) in [5.41, 5.74) is 3.12. The quantitative estimate of drug-likeness (QED) is 0.403. The Kier molecular flexibility index (Phi) is 6.33. The van der Waals surface area contributed by atoms with Crippen molar-refractivity contribution < 1.29 is 10.2 Å². The van der Waals surface area contributed by atoms with Gasteiger partial charge in [-0.2, -0.15) is 0 Å². The summed E-state index contributed by atoms with van der Waals surface area (Å²) in [5, 5.41) is 24.7. The van der Waals surface area contributed by atoms with Crippen LogP contribution in [0.25, 0.3) is 0 Å². The zero-order valence-corrected chi connectivity index (χ0v) is 18.5. The number of nitrogens with one attached hydrogen (secondary N) is 1. The molecule has 0 bridgehead atoms. The number of phenols is 2. The van der Waals surface area contributed by atoms with Gasteiger partial charge in [-0.25, -0.2) is 0 Å². The van der Waals surface area contributed by atoms with Crippen LogP contribution in [0.5, 0.6) is 11.5 Å². The fourth-order valence-electron chi connectivity index (χ4n) is 2.95. The first kappa shape index (κ1) is 19.7. The monoisotopic (exact) mass is 518 g/mol. The van der Waals surface area contributed by atoms with E-state index in [-0.39, 0.29) is 11.5 Å². The Balaban J connectivity index is 1.63. The molecule has 0 saturated carbocycles. The standard InChI is InChI=1S/C18H17Br2ClN2O2S/c19-14-12-6-8-23(9-13(12)15(20)17(25)16(14)24)18(26)22-7-5-10-1-3-11(21)4-2-10/h1-4,24-25H,5-9H2,(H,22,26). The molecule has 2 aromatic rings. The maximum atomic E-state index is 10.1. The molecule has 3 N–H and O–H groups in total. The van der Waals surface area contributed by atoms with Crippen molar-refractivity contribution >= 4 is 60.8 Å². The number of rotatable bonds is 3. The van der Waals surface area contributed by atoms with Crippen LogP contribution >= 0.6 is 55.7 Å². The van der Waals surface area contributed by atoms with Crippen molar-refractivity contribution in [2.75, 3.05) is 13.1 Å². The van der Waals surface area contributed by atoms with Gasteiger partial charge >= 0.3 is 0 Å². The van der Waals surface area contributed by atoms with Crippen LogP contribution < -0.4 is 5.32 Å². The summed E-state index contributed by atoms with van der Waals surface area (Å²) in [4.78, 5) is 2.06. The molecule has 1 heterocycles. The van der Waals surface area contributed by atoms with Gasteiger partial charge in [-0.1, -0.05) is 23.7 Å². The van der Waals surface area contributed by atoms with Crippen LogP contribution in [0.2, 0.25) is 5.02 Å². The van der Waals surface area contributed by atoms with Crippen molar-refractivity contribution in [3.8, 4) is 11.5 Å². The summed E-state index contributed by atoms with van der Waals surface area (Å²) in [6, 6.07) is 7.78. The molecule has 1 aliphatic rings. The highest BCUT2D eigenvalue weighted by Gasteiger charge is 2.27. The number of phenolic OH excluding ortho intramolecular Hbond substituents is 2. The van der Waals surface area contributed by atoms with Crippen LogP contribution in [0, 0.1) is 0 Å². The fraction of sp³-hybridized carbons (Fsp3) is 0.278. The van der Waals surface area contributed by atoms with E-state index in [1.165, 1.54) is 5.56 Å². The third-order valence-electron chi connectivity index (χ3n) is 4.41. The molecule has 26 heavy (non-hydrogen) atoms. The van der Waals surface area contributed by atoms with Gasteiger partial charge in [0.05, 0.1) is 8.95 Å². The predicted molar refractivity (Wildman–Crippen MR) is 115 cm³/mol. The topological polar surface area (TPSA) is 55.7 Å². The van der Waals surface area contributed by atoms with E-state index in [1.54, 1.807) is 0 Å². The van der Waals surface area contributed by atoms with Crippen LogP contribution in [0.4, 0.5) is 0 Å². The van der Waals surface area contributed by atoms with Crippen molar-refractivity contribution in [3.05, 3.63) is 54.9 Å². The van der Waals surface area contributed by atoms with Crippen LogP contribution in [0.1, 0.15) is 16.7 Å². The normalized spacial score (nSPS) is 13.4. The van der Waals surface area contributed by atoms with Crippen LogP contribution in [-0.2, 0) is 19.4 Å². The highest BCUT2D eigenvalue weighted by Crippen LogP contribution is 2.46. The third kappa shape index (κ3) is 4.11. The summed E-state index contributed by atoms with van der Waals surface area (Å²) >= 11 is 18.2. The van der Waals surface area contributed by atoms with E-state index < -0.39 is 0 Å². The van der Waals surface area contributed by atoms with Crippen molar-refractivity contribution in [1.29, 1.82) is 0 Å². The number of thiocarbonyl (C=S) groups is 1. The summed E-state index contributed by atoms with van der Waals surface area (Å²) in [6.07, 6.45) is 1.58. The molecule has 0 atom stereocenters. The second-order valence-electron chi connectivity index (χ2n) is 6.06. The van der Waals surface area contributed by atoms with Gasteiger partial charge in [0.1, 0.15) is 0 Å². The van der Waals surface area contributed by atoms with Crippen molar-refractivity contribution in [1.82, 2.24) is 10.2 Å². The lowest BCUT2D eigenvalue weighted by molar-refractivity contribution is 0.370. The largest absolute Gasteiger partial charge is 0.503 e. The second-order valence-corrected chi connectivity index (χ2v) is 8.47. The van der Waals surface area contributed by atoms with Crippen LogP contribution in [0.15, 0.2) is 33.2 Å². The van der Waals surface area contributed by atoms with E-state index >= 15 is 0 Å². The van der Waals surface area contributed by atoms with E-state index in [1.807, 2.05) is 24.3 Å². The van der Waals surface area contributed by atoms with Crippen molar-refractivity contribution in [2.24, 2.45) is 0 Å². The third-order valence-corrected chi connectivity index (χ3v) is 6.77. The molecule has 8 heteroatoms. The lowest BCUT2D eigenvalue weighted by atomic mass is 9.99. The second kappa shape index (κ2) is 8.33. The molecule has 0 aromatic heterocycles. The van der Waals surface area contributed by atoms with Crippen molar-refractivity contribution in [3.63, 3.8) is 0 Å². The molecule has 0 amide bonds. The molecule has 0 unspecified atom stereocenters. The van der Waals surface area contributed by atoms with Crippen LogP contribution in [-0.4, -0.2) is 33.3 Å². The molecule has 2 aromatic carbocycles. The number of hydrogen-bond donors (Lipinski definition) is 3. The van der Waals surface area contributed by atoms with E-state index in [4.69, 9.17) is 23.8 Å². The Morgan fingerprint density at radius 1 is 1.12 bits per heavy atom. The number of fused-ring (bicyclic) bond motifs is 1. The Hall–Kier alpha value is -1.02. The number of benzene rings is 2. The van der Waals surface area contributed by atoms with Gasteiger partial charge < -0.3 is 20.4 Å². The summed E-state index contributed by atoms with van der Waals surface area (Å²) in [7, 11) is 0. The summed E-state index contributed by atoms with van der Waals surface area (Å²) in [5.74, 6) is -0.285. The summed E-state index contributed by atoms with van der Waals surface area (Å²) < 4.78 is 1.07. The molecule has 0 spiro atoms. The number of halogens is 3. The smallest absolute Gasteiger partial charge is 0.173 e. The van der Waals surface area contributed by atoms with Gasteiger partial charge in [0.25, 0.3) is 0 Å². The molecule has 0 radical (unpaired) electrons. The van der Waals surface area contributed by atoms with Gasteiger partial charge in [0.2, 0.25) is 0 Å². The molecular formula is C18H17Br2ClN2O2S. The molecule has 1 aliphatic heterocycles. The zero-order chi connectivity index (χ0) is 18.8. The van der Waals surface area contributed by atoms with Gasteiger partial charge in [-0.05, 0) is 85.7 Å². The van der Waals surface area contributed by atoms with Gasteiger partial charge in [-0.3, -0.25) is 0 Å². The Labute approximate surface area is 179 Å². The maximum Gasteiger partial charge on any atom is 0.173 e. The van der Waals surface area contributed by atoms with Crippen LogP contribution in [0.3, 0.4) is 0 Å². The Morgan fingerprint density at radius 3 is 2.38 bits per heavy atom. The van der Waals surface area contributed by atoms with Gasteiger partial charge in [0.15, 0.2) is 16.6 Å². The minimum atomic E-state index is -0.154. The molecule has 138 valence electrons. The molecule has 0 aliphatic carbocycles. The molecule has 0 saturated heterocycles. The van der Waals surface area contributed by atoms with Crippen molar-refractivity contribution in [2.45, 2.75) is 19.4 Å². The molecular weight excluding hydrogens is 504 g/mol. The maximum absolute atomic E-state index is 10.1. The minimum absolute atomic E-state index is 0.132. The average Bonchev–Trinajstić information content (AvgIpc) is 2.65. The molecule has 4 nitrogen and oxygen atoms in total. The number of aromatic hydroxyl groups is 2. The molecule has 0 fully saturated rings. The van der Waals surface area contributed by atoms with E-state index in [0.717, 1.165) is 42.1 Å². The number of hydrogen-bond acceptors (Lipinski definition) is 3. The SMILES string of the molecule is Oc1c(O)c(Br)c2c(c1Br)CCN(C(=S)NCCc1ccc(Cl)cc1)C2. The minimum Gasteiger partial charge on any atom is -0.503 e. The average molecular weight is 521 g/mol. The molecule has 3 rings (SSSR count). The summed E-state index contributed by atoms with van der Waals surface area (Å²) in [6.45, 7) is 2.04. The highest BCUT2D eigenvalue weighted by atomic mass is 79.9. The van der Waals surface area contributed by atoms with Gasteiger partial charge in [-0.15, -0.1) is 0 Å². The lowest BCUT2D eigenvalue weighted by Crippen LogP contribution is -2.43. The van der Waals surface area contributed by atoms with E-state index in [2.05, 4.69) is 42.1 Å². The predicted octanol–water partition coefficient (Wildman–Crippen LogP) is 4.75. The first-order valence-corrected chi connectivity index (χ1v) is 10.4. The van der Waals surface area contributed by atoms with Gasteiger partial charge in [0, 0.05) is 24.7 Å². The van der Waals surface area contributed by atoms with E-state index in [9.17, 15) is 10.2 Å². The Morgan fingerprint density at radius 2 is 1.73 bits per heavy atom. The first-order valence-electron chi connectivity index (χ1n) is 8.06. The number of nitrogens with zero attached hydrogens (tertiary/aromatic N) is 1. The highest BCUT2D eigenvalue weighted by molar-refractivity contribution is 9.11. The lowest BCUT2D eigenvalue weighted by Gasteiger charge is -2.32. The fourth-order valence-corrected chi connectivity index (χ4v) is 4.51. The Bertz CT molecular complexity index is 846. The zero-order valence-electron chi connectivity index (χ0n) is 13.7. The van der Waals surface area contributed by atoms with E-state index in [0.29, 0.717) is 20.6 Å². The first-order chi connectivity index (χ1) is 12.4.